The van der Waals surface area contributed by atoms with Crippen LogP contribution in [0.25, 0.3) is 0 Å². The lowest BCUT2D eigenvalue weighted by molar-refractivity contribution is -0.139. The van der Waals surface area contributed by atoms with E-state index in [0.717, 1.165) is 16.2 Å². The number of rotatable bonds is 10. The van der Waals surface area contributed by atoms with Crippen LogP contribution in [0.5, 0.6) is 11.5 Å². The van der Waals surface area contributed by atoms with E-state index in [0.29, 0.717) is 24.7 Å². The zero-order valence-electron chi connectivity index (χ0n) is 14.4. The first-order valence-corrected chi connectivity index (χ1v) is 9.11. The summed E-state index contributed by atoms with van der Waals surface area (Å²) in [6, 6.07) is 14.6. The second-order valence-electron chi connectivity index (χ2n) is 5.30. The van der Waals surface area contributed by atoms with Gasteiger partial charge in [-0.2, -0.15) is 0 Å². The summed E-state index contributed by atoms with van der Waals surface area (Å²) in [6.45, 7) is 2.51. The lowest BCUT2D eigenvalue weighted by Crippen LogP contribution is -2.24. The normalized spacial score (nSPS) is 10.2. The van der Waals surface area contributed by atoms with E-state index in [1.165, 1.54) is 11.8 Å². The largest absolute Gasteiger partial charge is 0.494 e. The Balaban J connectivity index is 1.76. The highest BCUT2D eigenvalue weighted by Gasteiger charge is 2.05. The van der Waals surface area contributed by atoms with Crippen molar-refractivity contribution < 1.29 is 24.2 Å². The van der Waals surface area contributed by atoms with E-state index in [2.05, 4.69) is 5.32 Å². The summed E-state index contributed by atoms with van der Waals surface area (Å²) < 4.78 is 10.5. The lowest BCUT2D eigenvalue weighted by atomic mass is 10.2. The summed E-state index contributed by atoms with van der Waals surface area (Å²) in [6.07, 6.45) is 0. The number of amides is 1. The van der Waals surface area contributed by atoms with Crippen molar-refractivity contribution >= 4 is 23.6 Å². The van der Waals surface area contributed by atoms with Gasteiger partial charge in [-0.05, 0) is 48.9 Å². The summed E-state index contributed by atoms with van der Waals surface area (Å²) in [4.78, 5) is 23.5. The number of carbonyl (C=O) groups excluding carboxylic acids is 1. The Morgan fingerprint density at radius 1 is 1.08 bits per heavy atom. The van der Waals surface area contributed by atoms with Crippen molar-refractivity contribution in [3.05, 3.63) is 54.1 Å². The molecule has 6 nitrogen and oxygen atoms in total. The topological polar surface area (TPSA) is 84.9 Å². The van der Waals surface area contributed by atoms with Crippen molar-refractivity contribution in [1.29, 1.82) is 0 Å². The average molecular weight is 375 g/mol. The Kier molecular flexibility index (Phi) is 7.82. The van der Waals surface area contributed by atoms with Gasteiger partial charge in [-0.25, -0.2) is 4.79 Å². The summed E-state index contributed by atoms with van der Waals surface area (Å²) in [5.74, 6) is 0.466. The van der Waals surface area contributed by atoms with Gasteiger partial charge in [0.2, 0.25) is 5.91 Å². The molecule has 0 aliphatic rings. The predicted octanol–water partition coefficient (Wildman–Crippen LogP) is 2.96. The SMILES string of the molecule is CCOc1ccc(SCC(=O)NCc2cccc(OCC(=O)O)c2)cc1. The Morgan fingerprint density at radius 3 is 2.54 bits per heavy atom. The van der Waals surface area contributed by atoms with E-state index in [1.807, 2.05) is 37.3 Å². The third-order valence-corrected chi connectivity index (χ3v) is 4.27. The fourth-order valence-electron chi connectivity index (χ4n) is 2.09. The first-order chi connectivity index (χ1) is 12.6. The number of benzene rings is 2. The van der Waals surface area contributed by atoms with Gasteiger partial charge in [-0.15, -0.1) is 11.8 Å². The molecule has 0 unspecified atom stereocenters. The molecule has 0 bridgehead atoms. The van der Waals surface area contributed by atoms with Crippen molar-refractivity contribution in [2.24, 2.45) is 0 Å². The Hall–Kier alpha value is -2.67. The monoisotopic (exact) mass is 375 g/mol. The predicted molar refractivity (Wildman–Crippen MR) is 99.8 cm³/mol. The van der Waals surface area contributed by atoms with Gasteiger partial charge in [0.05, 0.1) is 12.4 Å². The maximum Gasteiger partial charge on any atom is 0.341 e. The molecule has 0 atom stereocenters. The molecule has 2 rings (SSSR count). The zero-order valence-corrected chi connectivity index (χ0v) is 15.3. The molecule has 0 aliphatic heterocycles. The molecule has 2 N–H and O–H groups in total. The molecule has 7 heteroatoms. The fraction of sp³-hybridized carbons (Fsp3) is 0.263. The van der Waals surface area contributed by atoms with Gasteiger partial charge >= 0.3 is 5.97 Å². The van der Waals surface area contributed by atoms with E-state index in [-0.39, 0.29) is 5.91 Å². The van der Waals surface area contributed by atoms with E-state index < -0.39 is 12.6 Å². The van der Waals surface area contributed by atoms with Crippen LogP contribution in [-0.2, 0) is 16.1 Å². The number of carboxylic acid groups (broad SMARTS) is 1. The number of nitrogens with one attached hydrogen (secondary N) is 1. The lowest BCUT2D eigenvalue weighted by Gasteiger charge is -2.08. The summed E-state index contributed by atoms with van der Waals surface area (Å²) in [5, 5.41) is 11.5. The van der Waals surface area contributed by atoms with Crippen LogP contribution in [0, 0.1) is 0 Å². The molecule has 0 spiro atoms. The summed E-state index contributed by atoms with van der Waals surface area (Å²) in [7, 11) is 0. The van der Waals surface area contributed by atoms with Crippen LogP contribution >= 0.6 is 11.8 Å². The molecule has 138 valence electrons. The number of ether oxygens (including phenoxy) is 2. The standard InChI is InChI=1S/C19H21NO5S/c1-2-24-15-6-8-17(9-7-15)26-13-18(21)20-11-14-4-3-5-16(10-14)25-12-19(22)23/h3-10H,2,11-13H2,1H3,(H,20,21)(H,22,23). The molecule has 2 aromatic carbocycles. The van der Waals surface area contributed by atoms with Crippen LogP contribution in [0.2, 0.25) is 0 Å². The van der Waals surface area contributed by atoms with Crippen molar-refractivity contribution in [3.63, 3.8) is 0 Å². The smallest absolute Gasteiger partial charge is 0.341 e. The average Bonchev–Trinajstić information content (AvgIpc) is 2.65. The highest BCUT2D eigenvalue weighted by atomic mass is 32.2. The number of carboxylic acids is 1. The Morgan fingerprint density at radius 2 is 1.85 bits per heavy atom. The van der Waals surface area contributed by atoms with Crippen molar-refractivity contribution in [2.75, 3.05) is 19.0 Å². The van der Waals surface area contributed by atoms with Gasteiger partial charge in [-0.1, -0.05) is 12.1 Å². The number of hydrogen-bond acceptors (Lipinski definition) is 5. The van der Waals surface area contributed by atoms with Gasteiger partial charge in [0.15, 0.2) is 6.61 Å². The molecule has 0 saturated carbocycles. The highest BCUT2D eigenvalue weighted by molar-refractivity contribution is 8.00. The van der Waals surface area contributed by atoms with Crippen LogP contribution in [0.4, 0.5) is 0 Å². The molecular weight excluding hydrogens is 354 g/mol. The molecule has 0 aliphatic carbocycles. The molecule has 0 fully saturated rings. The number of carbonyl (C=O) groups is 2. The summed E-state index contributed by atoms with van der Waals surface area (Å²) in [5.41, 5.74) is 0.840. The van der Waals surface area contributed by atoms with Gasteiger partial charge in [0.1, 0.15) is 11.5 Å². The fourth-order valence-corrected chi connectivity index (χ4v) is 2.82. The van der Waals surface area contributed by atoms with Gasteiger partial charge in [-0.3, -0.25) is 4.79 Å². The Labute approximate surface area is 156 Å². The van der Waals surface area contributed by atoms with Gasteiger partial charge in [0.25, 0.3) is 0 Å². The highest BCUT2D eigenvalue weighted by Crippen LogP contribution is 2.21. The maximum atomic E-state index is 12.0. The van der Waals surface area contributed by atoms with E-state index >= 15 is 0 Å². The third-order valence-electron chi connectivity index (χ3n) is 3.26. The zero-order chi connectivity index (χ0) is 18.8. The van der Waals surface area contributed by atoms with Crippen LogP contribution in [0.15, 0.2) is 53.4 Å². The second kappa shape index (κ2) is 10.4. The maximum absolute atomic E-state index is 12.0. The van der Waals surface area contributed by atoms with Crippen LogP contribution in [0.1, 0.15) is 12.5 Å². The summed E-state index contributed by atoms with van der Waals surface area (Å²) >= 11 is 1.45. The van der Waals surface area contributed by atoms with E-state index in [4.69, 9.17) is 14.6 Å². The Bertz CT molecular complexity index is 733. The van der Waals surface area contributed by atoms with Gasteiger partial charge in [0, 0.05) is 11.4 Å². The minimum absolute atomic E-state index is 0.0826. The first kappa shape index (κ1) is 19.7. The molecule has 0 saturated heterocycles. The van der Waals surface area contributed by atoms with Crippen molar-refractivity contribution in [1.82, 2.24) is 5.32 Å². The molecular formula is C19H21NO5S. The minimum atomic E-state index is -1.03. The molecule has 2 aromatic rings. The molecule has 1 amide bonds. The van der Waals surface area contributed by atoms with E-state index in [9.17, 15) is 9.59 Å². The van der Waals surface area contributed by atoms with Crippen molar-refractivity contribution in [2.45, 2.75) is 18.4 Å². The molecule has 26 heavy (non-hydrogen) atoms. The molecule has 0 radical (unpaired) electrons. The molecule has 0 aromatic heterocycles. The molecule has 0 heterocycles. The van der Waals surface area contributed by atoms with Crippen molar-refractivity contribution in [3.8, 4) is 11.5 Å². The number of hydrogen-bond donors (Lipinski definition) is 2. The van der Waals surface area contributed by atoms with E-state index in [1.54, 1.807) is 18.2 Å². The van der Waals surface area contributed by atoms with Crippen LogP contribution < -0.4 is 14.8 Å². The second-order valence-corrected chi connectivity index (χ2v) is 6.35. The minimum Gasteiger partial charge on any atom is -0.494 e. The van der Waals surface area contributed by atoms with Crippen LogP contribution in [-0.4, -0.2) is 35.9 Å². The first-order valence-electron chi connectivity index (χ1n) is 8.12. The van der Waals surface area contributed by atoms with Crippen LogP contribution in [0.3, 0.4) is 0 Å². The quantitative estimate of drug-likeness (QED) is 0.621. The number of thioether (sulfide) groups is 1. The van der Waals surface area contributed by atoms with Gasteiger partial charge < -0.3 is 19.9 Å². The number of aliphatic carboxylic acids is 1. The third kappa shape index (κ3) is 7.06.